The lowest BCUT2D eigenvalue weighted by Gasteiger charge is -2.06. The molecule has 0 amide bonds. The van der Waals surface area contributed by atoms with Crippen LogP contribution in [0.1, 0.15) is 20.7 Å². The third-order valence-electron chi connectivity index (χ3n) is 2.42. The Morgan fingerprint density at radius 2 is 1.53 bits per heavy atom. The summed E-state index contributed by atoms with van der Waals surface area (Å²) in [5, 5.41) is 9.00. The van der Waals surface area contributed by atoms with Crippen molar-refractivity contribution in [3.8, 4) is 5.75 Å². The number of carbonyl (C=O) groups is 2. The van der Waals surface area contributed by atoms with Crippen LogP contribution < -0.4 is 4.74 Å². The highest BCUT2D eigenvalue weighted by molar-refractivity contribution is 7.80. The first-order chi connectivity index (χ1) is 9.08. The first-order valence-corrected chi connectivity index (χ1v) is 5.86. The fourth-order valence-electron chi connectivity index (χ4n) is 1.52. The lowest BCUT2D eigenvalue weighted by molar-refractivity contribution is 0.0668. The number of ether oxygens (including phenoxy) is 1. The molecular weight excluding hydrogens is 264 g/mol. The second-order valence-electron chi connectivity index (χ2n) is 3.73. The number of aromatic carboxylic acids is 1. The first-order valence-electron chi connectivity index (χ1n) is 5.41. The Hall–Kier alpha value is -2.27. The van der Waals surface area contributed by atoms with E-state index in [1.807, 2.05) is 0 Å². The summed E-state index contributed by atoms with van der Waals surface area (Å²) in [7, 11) is 0. The van der Waals surface area contributed by atoms with Crippen molar-refractivity contribution in [3.05, 3.63) is 59.7 Å². The summed E-state index contributed by atoms with van der Waals surface area (Å²) in [6, 6.07) is 12.4. The van der Waals surface area contributed by atoms with Crippen LogP contribution >= 0.6 is 12.6 Å². The van der Waals surface area contributed by atoms with Crippen molar-refractivity contribution in [1.29, 1.82) is 0 Å². The zero-order valence-electron chi connectivity index (χ0n) is 9.74. The van der Waals surface area contributed by atoms with Crippen molar-refractivity contribution < 1.29 is 19.4 Å². The van der Waals surface area contributed by atoms with Crippen LogP contribution in [0.5, 0.6) is 5.75 Å². The van der Waals surface area contributed by atoms with Gasteiger partial charge < -0.3 is 9.84 Å². The molecule has 0 atom stereocenters. The van der Waals surface area contributed by atoms with Crippen molar-refractivity contribution >= 4 is 24.6 Å². The van der Waals surface area contributed by atoms with Gasteiger partial charge in [-0.2, -0.15) is 0 Å². The molecule has 0 aliphatic heterocycles. The summed E-state index contributed by atoms with van der Waals surface area (Å²) in [6.45, 7) is 0. The maximum absolute atomic E-state index is 11.9. The second kappa shape index (κ2) is 5.58. The molecule has 19 heavy (non-hydrogen) atoms. The molecule has 0 bridgehead atoms. The van der Waals surface area contributed by atoms with E-state index in [4.69, 9.17) is 9.84 Å². The van der Waals surface area contributed by atoms with Crippen LogP contribution in [0.3, 0.4) is 0 Å². The van der Waals surface area contributed by atoms with Crippen LogP contribution in [0.25, 0.3) is 0 Å². The van der Waals surface area contributed by atoms with Crippen LogP contribution in [0.2, 0.25) is 0 Å². The molecule has 0 saturated heterocycles. The van der Waals surface area contributed by atoms with Crippen molar-refractivity contribution in [2.45, 2.75) is 4.90 Å². The summed E-state index contributed by atoms with van der Waals surface area (Å²) in [6.07, 6.45) is 0. The molecule has 2 aromatic carbocycles. The topological polar surface area (TPSA) is 63.6 Å². The summed E-state index contributed by atoms with van der Waals surface area (Å²) in [5.41, 5.74) is -0.0664. The highest BCUT2D eigenvalue weighted by Crippen LogP contribution is 2.17. The van der Waals surface area contributed by atoms with Crippen molar-refractivity contribution in [3.63, 3.8) is 0 Å². The zero-order valence-corrected chi connectivity index (χ0v) is 10.6. The maximum Gasteiger partial charge on any atom is 0.344 e. The van der Waals surface area contributed by atoms with Crippen LogP contribution in [0.4, 0.5) is 0 Å². The van der Waals surface area contributed by atoms with Gasteiger partial charge in [0.15, 0.2) is 0 Å². The molecule has 0 spiro atoms. The average molecular weight is 274 g/mol. The minimum atomic E-state index is -1.17. The van der Waals surface area contributed by atoms with Crippen LogP contribution in [0.15, 0.2) is 53.4 Å². The number of benzene rings is 2. The molecule has 0 heterocycles. The third-order valence-corrected chi connectivity index (χ3v) is 2.72. The summed E-state index contributed by atoms with van der Waals surface area (Å²) in [5.74, 6) is -1.54. The van der Waals surface area contributed by atoms with Gasteiger partial charge in [-0.15, -0.1) is 12.6 Å². The van der Waals surface area contributed by atoms with Crippen LogP contribution in [-0.2, 0) is 0 Å². The fourth-order valence-corrected chi connectivity index (χ4v) is 1.67. The van der Waals surface area contributed by atoms with Gasteiger partial charge in [0.25, 0.3) is 0 Å². The number of carboxylic acids is 1. The number of rotatable bonds is 3. The molecule has 0 radical (unpaired) electrons. The minimum absolute atomic E-state index is 0.0185. The highest BCUT2D eigenvalue weighted by Gasteiger charge is 2.17. The molecule has 0 unspecified atom stereocenters. The van der Waals surface area contributed by atoms with Gasteiger partial charge >= 0.3 is 11.9 Å². The Balaban J connectivity index is 2.25. The number of thiol groups is 1. The van der Waals surface area contributed by atoms with Gasteiger partial charge in [0.05, 0.1) is 11.1 Å². The number of carboxylic acid groups (broad SMARTS) is 1. The lowest BCUT2D eigenvalue weighted by Crippen LogP contribution is -2.13. The number of esters is 1. The molecule has 0 aromatic heterocycles. The van der Waals surface area contributed by atoms with Gasteiger partial charge in [-0.3, -0.25) is 0 Å². The summed E-state index contributed by atoms with van der Waals surface area (Å²) < 4.78 is 5.11. The SMILES string of the molecule is O=C(O)c1ccccc1C(=O)Oc1ccc(S)cc1. The average Bonchev–Trinajstić information content (AvgIpc) is 2.41. The van der Waals surface area contributed by atoms with E-state index >= 15 is 0 Å². The summed E-state index contributed by atoms with van der Waals surface area (Å²) >= 11 is 4.12. The van der Waals surface area contributed by atoms with Gasteiger partial charge in [-0.25, -0.2) is 9.59 Å². The van der Waals surface area contributed by atoms with E-state index in [1.54, 1.807) is 36.4 Å². The normalized spacial score (nSPS) is 9.95. The molecule has 0 aliphatic carbocycles. The van der Waals surface area contributed by atoms with E-state index < -0.39 is 11.9 Å². The van der Waals surface area contributed by atoms with Gasteiger partial charge in [-0.05, 0) is 36.4 Å². The van der Waals surface area contributed by atoms with Gasteiger partial charge in [0, 0.05) is 4.90 Å². The van der Waals surface area contributed by atoms with Gasteiger partial charge in [-0.1, -0.05) is 12.1 Å². The quantitative estimate of drug-likeness (QED) is 0.513. The largest absolute Gasteiger partial charge is 0.478 e. The van der Waals surface area contributed by atoms with E-state index in [1.165, 1.54) is 12.1 Å². The molecule has 4 nitrogen and oxygen atoms in total. The molecule has 2 rings (SSSR count). The monoisotopic (exact) mass is 274 g/mol. The smallest absolute Gasteiger partial charge is 0.344 e. The Morgan fingerprint density at radius 3 is 2.11 bits per heavy atom. The molecule has 96 valence electrons. The lowest BCUT2D eigenvalue weighted by atomic mass is 10.1. The number of carbonyl (C=O) groups excluding carboxylic acids is 1. The van der Waals surface area contributed by atoms with Crippen molar-refractivity contribution in [2.75, 3.05) is 0 Å². The molecule has 2 aromatic rings. The predicted molar refractivity (Wildman–Crippen MR) is 72.1 cm³/mol. The zero-order chi connectivity index (χ0) is 13.8. The van der Waals surface area contributed by atoms with E-state index in [-0.39, 0.29) is 11.1 Å². The van der Waals surface area contributed by atoms with Gasteiger partial charge in [0.1, 0.15) is 5.75 Å². The summed E-state index contributed by atoms with van der Waals surface area (Å²) in [4.78, 5) is 23.7. The van der Waals surface area contributed by atoms with E-state index in [2.05, 4.69) is 12.6 Å². The van der Waals surface area contributed by atoms with Crippen molar-refractivity contribution in [2.24, 2.45) is 0 Å². The molecule has 5 heteroatoms. The van der Waals surface area contributed by atoms with E-state index in [9.17, 15) is 9.59 Å². The Bertz CT molecular complexity index is 620. The fraction of sp³-hybridized carbons (Fsp3) is 0. The molecule has 0 aliphatic rings. The first kappa shape index (κ1) is 13.2. The minimum Gasteiger partial charge on any atom is -0.478 e. The Kier molecular flexibility index (Phi) is 3.87. The number of hydrogen-bond acceptors (Lipinski definition) is 4. The Morgan fingerprint density at radius 1 is 0.947 bits per heavy atom. The molecular formula is C14H10O4S. The van der Waals surface area contributed by atoms with Gasteiger partial charge in [0.2, 0.25) is 0 Å². The second-order valence-corrected chi connectivity index (χ2v) is 4.25. The predicted octanol–water partition coefficient (Wildman–Crippen LogP) is 2.89. The van der Waals surface area contributed by atoms with Crippen LogP contribution in [-0.4, -0.2) is 17.0 Å². The standard InChI is InChI=1S/C14H10O4S/c15-13(16)11-3-1-2-4-12(11)14(17)18-9-5-7-10(19)8-6-9/h1-8,19H,(H,15,16). The molecule has 0 saturated carbocycles. The van der Waals surface area contributed by atoms with E-state index in [0.29, 0.717) is 5.75 Å². The number of hydrogen-bond donors (Lipinski definition) is 2. The third kappa shape index (κ3) is 3.14. The highest BCUT2D eigenvalue weighted by atomic mass is 32.1. The van der Waals surface area contributed by atoms with Crippen molar-refractivity contribution in [1.82, 2.24) is 0 Å². The van der Waals surface area contributed by atoms with Crippen LogP contribution in [0, 0.1) is 0 Å². The maximum atomic E-state index is 11.9. The van der Waals surface area contributed by atoms with E-state index in [0.717, 1.165) is 4.90 Å². The Labute approximate surface area is 115 Å². The molecule has 0 fully saturated rings. The molecule has 1 N–H and O–H groups in total.